The van der Waals surface area contributed by atoms with Gasteiger partial charge in [-0.2, -0.15) is 17.5 Å². The Bertz CT molecular complexity index is 420. The van der Waals surface area contributed by atoms with Crippen LogP contribution >= 0.6 is 11.5 Å². The number of alkyl halides is 3. The zero-order chi connectivity index (χ0) is 12.7. The van der Waals surface area contributed by atoms with Gasteiger partial charge in [-0.3, -0.25) is 4.79 Å². The third-order valence-electron chi connectivity index (χ3n) is 2.78. The molecule has 1 fully saturated rings. The second-order valence-electron chi connectivity index (χ2n) is 4.02. The second-order valence-corrected chi connectivity index (χ2v) is 4.68. The van der Waals surface area contributed by atoms with Gasteiger partial charge < -0.3 is 10.6 Å². The van der Waals surface area contributed by atoms with Gasteiger partial charge >= 0.3 is 12.1 Å². The van der Waals surface area contributed by atoms with Crippen molar-refractivity contribution < 1.29 is 18.0 Å². The zero-order valence-corrected chi connectivity index (χ0v) is 9.51. The van der Waals surface area contributed by atoms with Gasteiger partial charge in [0, 0.05) is 18.5 Å². The Morgan fingerprint density at radius 2 is 2.29 bits per heavy atom. The summed E-state index contributed by atoms with van der Waals surface area (Å²) in [6.45, 7) is -0.137. The summed E-state index contributed by atoms with van der Waals surface area (Å²) in [5, 5.41) is 1.71. The summed E-state index contributed by atoms with van der Waals surface area (Å²) in [6.07, 6.45) is -4.55. The van der Waals surface area contributed by atoms with E-state index in [2.05, 4.69) is 4.37 Å². The molecule has 0 aromatic carbocycles. The number of carbonyl (C=O) groups excluding carboxylic acids is 1. The quantitative estimate of drug-likeness (QED) is 0.827. The van der Waals surface area contributed by atoms with Gasteiger partial charge in [0.25, 0.3) is 0 Å². The number of likely N-dealkylation sites (tertiary alicyclic amines) is 1. The van der Waals surface area contributed by atoms with Crippen LogP contribution in [0.1, 0.15) is 12.1 Å². The normalized spacial score (nSPS) is 25.3. The van der Waals surface area contributed by atoms with Crippen molar-refractivity contribution in [3.63, 3.8) is 0 Å². The Hall–Kier alpha value is -1.15. The monoisotopic (exact) mass is 265 g/mol. The minimum atomic E-state index is -4.84. The molecule has 1 atom stereocenters. The molecule has 1 unspecified atom stereocenters. The molecule has 1 aliphatic heterocycles. The van der Waals surface area contributed by atoms with Crippen LogP contribution in [0.3, 0.4) is 0 Å². The highest BCUT2D eigenvalue weighted by Gasteiger charge is 2.48. The number of hydrogen-bond donors (Lipinski definition) is 1. The topological polar surface area (TPSA) is 59.2 Å². The number of carbonyl (C=O) groups is 1. The number of amides is 1. The third-order valence-corrected chi connectivity index (χ3v) is 3.34. The number of hydrogen-bond acceptors (Lipinski definition) is 4. The molecule has 1 aromatic rings. The summed E-state index contributed by atoms with van der Waals surface area (Å²) in [7, 11) is 0. The highest BCUT2D eigenvalue weighted by molar-refractivity contribution is 7.03. The Labute approximate surface area is 99.4 Å². The van der Waals surface area contributed by atoms with Crippen molar-refractivity contribution in [3.8, 4) is 0 Å². The molecule has 1 aliphatic rings. The van der Waals surface area contributed by atoms with Gasteiger partial charge in [0.05, 0.1) is 11.2 Å². The molecule has 2 N–H and O–H groups in total. The molecule has 17 heavy (non-hydrogen) atoms. The third kappa shape index (κ3) is 2.27. The van der Waals surface area contributed by atoms with E-state index in [-0.39, 0.29) is 13.1 Å². The van der Waals surface area contributed by atoms with Crippen molar-refractivity contribution in [3.05, 3.63) is 17.1 Å². The molecule has 4 nitrogen and oxygen atoms in total. The first-order valence-corrected chi connectivity index (χ1v) is 5.72. The van der Waals surface area contributed by atoms with Gasteiger partial charge in [0.2, 0.25) is 0 Å². The van der Waals surface area contributed by atoms with Gasteiger partial charge in [-0.05, 0) is 24.0 Å². The molecule has 1 amide bonds. The number of rotatable bonds is 1. The highest BCUT2D eigenvalue weighted by Crippen LogP contribution is 2.31. The lowest BCUT2D eigenvalue weighted by Crippen LogP contribution is -2.45. The fraction of sp³-hybridized carbons (Fsp3) is 0.556. The summed E-state index contributed by atoms with van der Waals surface area (Å²) in [4.78, 5) is 11.8. The average molecular weight is 265 g/mol. The first-order chi connectivity index (χ1) is 7.83. The summed E-state index contributed by atoms with van der Waals surface area (Å²) < 4.78 is 40.8. The van der Waals surface area contributed by atoms with Crippen LogP contribution in [0, 0.1) is 0 Å². The predicted octanol–water partition coefficient (Wildman–Crippen LogP) is 1.09. The van der Waals surface area contributed by atoms with Crippen LogP contribution in [-0.4, -0.2) is 34.4 Å². The van der Waals surface area contributed by atoms with Crippen molar-refractivity contribution in [1.29, 1.82) is 0 Å². The van der Waals surface area contributed by atoms with Crippen LogP contribution in [0.25, 0.3) is 0 Å². The molecule has 0 bridgehead atoms. The number of aromatic nitrogens is 1. The summed E-state index contributed by atoms with van der Waals surface area (Å²) in [5.74, 6) is -1.83. The number of nitrogens with zero attached hydrogens (tertiary/aromatic N) is 2. The van der Waals surface area contributed by atoms with Crippen LogP contribution in [0.15, 0.2) is 11.4 Å². The van der Waals surface area contributed by atoms with Crippen molar-refractivity contribution in [2.24, 2.45) is 5.73 Å². The number of nitrogens with two attached hydrogens (primary N) is 1. The Morgan fingerprint density at radius 3 is 2.82 bits per heavy atom. The summed E-state index contributed by atoms with van der Waals surface area (Å²) >= 11 is 1.18. The first kappa shape index (κ1) is 12.3. The molecule has 94 valence electrons. The maximum absolute atomic E-state index is 12.2. The standard InChI is InChI=1S/C9H10F3N3OS/c10-9(11,12)7(16)15-3-2-8(13,5-15)6-1-4-17-14-6/h1,4H,2-3,5,13H2. The van der Waals surface area contributed by atoms with Gasteiger partial charge in [-0.15, -0.1) is 0 Å². The second kappa shape index (κ2) is 3.95. The fourth-order valence-electron chi connectivity index (χ4n) is 1.86. The Morgan fingerprint density at radius 1 is 1.59 bits per heavy atom. The molecule has 0 radical (unpaired) electrons. The van der Waals surface area contributed by atoms with E-state index in [0.717, 1.165) is 4.90 Å². The van der Waals surface area contributed by atoms with Crippen LogP contribution in [0.4, 0.5) is 13.2 Å². The highest BCUT2D eigenvalue weighted by atomic mass is 32.1. The molecule has 2 rings (SSSR count). The fourth-order valence-corrected chi connectivity index (χ4v) is 2.47. The van der Waals surface area contributed by atoms with Crippen molar-refractivity contribution in [2.45, 2.75) is 18.1 Å². The van der Waals surface area contributed by atoms with E-state index in [1.165, 1.54) is 11.5 Å². The van der Waals surface area contributed by atoms with E-state index < -0.39 is 17.6 Å². The molecule has 0 aliphatic carbocycles. The minimum Gasteiger partial charge on any atom is -0.333 e. The predicted molar refractivity (Wildman–Crippen MR) is 55.2 cm³/mol. The lowest BCUT2D eigenvalue weighted by Gasteiger charge is -2.23. The Balaban J connectivity index is 2.13. The zero-order valence-electron chi connectivity index (χ0n) is 8.70. The van der Waals surface area contributed by atoms with E-state index in [9.17, 15) is 18.0 Å². The minimum absolute atomic E-state index is 0.00632. The molecular weight excluding hydrogens is 255 g/mol. The molecule has 1 aromatic heterocycles. The SMILES string of the molecule is NC1(c2ccsn2)CCN(C(=O)C(F)(F)F)C1. The van der Waals surface area contributed by atoms with E-state index in [1.54, 1.807) is 11.4 Å². The first-order valence-electron chi connectivity index (χ1n) is 4.89. The molecule has 1 saturated heterocycles. The summed E-state index contributed by atoms with van der Waals surface area (Å²) in [5.41, 5.74) is 5.56. The van der Waals surface area contributed by atoms with Crippen LogP contribution < -0.4 is 5.73 Å². The van der Waals surface area contributed by atoms with Crippen LogP contribution in [-0.2, 0) is 10.3 Å². The van der Waals surface area contributed by atoms with Crippen molar-refractivity contribution in [2.75, 3.05) is 13.1 Å². The molecule has 0 saturated carbocycles. The van der Waals surface area contributed by atoms with Gasteiger partial charge in [0.15, 0.2) is 0 Å². The Kier molecular flexibility index (Phi) is 2.86. The summed E-state index contributed by atoms with van der Waals surface area (Å²) in [6, 6.07) is 1.67. The number of halogens is 3. The largest absolute Gasteiger partial charge is 0.471 e. The lowest BCUT2D eigenvalue weighted by molar-refractivity contribution is -0.184. The molecule has 2 heterocycles. The van der Waals surface area contributed by atoms with Crippen molar-refractivity contribution >= 4 is 17.4 Å². The van der Waals surface area contributed by atoms with Crippen LogP contribution in [0.2, 0.25) is 0 Å². The molecular formula is C9H10F3N3OS. The van der Waals surface area contributed by atoms with E-state index in [1.807, 2.05) is 0 Å². The average Bonchev–Trinajstić information content (AvgIpc) is 2.84. The van der Waals surface area contributed by atoms with Gasteiger partial charge in [0.1, 0.15) is 0 Å². The van der Waals surface area contributed by atoms with Gasteiger partial charge in [-0.25, -0.2) is 0 Å². The van der Waals surface area contributed by atoms with E-state index >= 15 is 0 Å². The van der Waals surface area contributed by atoms with E-state index in [0.29, 0.717) is 12.1 Å². The van der Waals surface area contributed by atoms with E-state index in [4.69, 9.17) is 5.73 Å². The molecule has 0 spiro atoms. The molecule has 8 heteroatoms. The smallest absolute Gasteiger partial charge is 0.333 e. The van der Waals surface area contributed by atoms with Crippen molar-refractivity contribution in [1.82, 2.24) is 9.27 Å². The lowest BCUT2D eigenvalue weighted by atomic mass is 9.96. The van der Waals surface area contributed by atoms with Gasteiger partial charge in [-0.1, -0.05) is 0 Å². The maximum Gasteiger partial charge on any atom is 0.471 e. The maximum atomic E-state index is 12.2. The van der Waals surface area contributed by atoms with Crippen LogP contribution in [0.5, 0.6) is 0 Å².